The molecule has 1 aromatic heterocycles. The van der Waals surface area contributed by atoms with E-state index in [1.807, 2.05) is 0 Å². The van der Waals surface area contributed by atoms with Crippen LogP contribution in [0, 0.1) is 5.82 Å². The Labute approximate surface area is 99.8 Å². The summed E-state index contributed by atoms with van der Waals surface area (Å²) in [5.74, 6) is 0.397. The second-order valence-electron chi connectivity index (χ2n) is 3.09. The van der Waals surface area contributed by atoms with Gasteiger partial charge in [-0.25, -0.2) is 4.39 Å². The zero-order valence-electron chi connectivity index (χ0n) is 8.11. The van der Waals surface area contributed by atoms with Crippen LogP contribution in [-0.2, 0) is 0 Å². The number of hydrogen-bond donors (Lipinski definition) is 2. The lowest BCUT2D eigenvalue weighted by atomic mass is 10.3. The molecule has 0 fully saturated rings. The number of nitrogens with two attached hydrogens (primary N) is 1. The maximum Gasteiger partial charge on any atom is 0.153 e. The van der Waals surface area contributed by atoms with Crippen molar-refractivity contribution in [1.29, 1.82) is 0 Å². The van der Waals surface area contributed by atoms with Crippen molar-refractivity contribution in [3.05, 3.63) is 40.6 Å². The van der Waals surface area contributed by atoms with Gasteiger partial charge in [0, 0.05) is 4.47 Å². The van der Waals surface area contributed by atoms with Crippen LogP contribution >= 0.6 is 15.9 Å². The third-order valence-corrected chi connectivity index (χ3v) is 2.37. The summed E-state index contributed by atoms with van der Waals surface area (Å²) in [4.78, 5) is 0. The van der Waals surface area contributed by atoms with E-state index in [9.17, 15) is 4.39 Å². The smallest absolute Gasteiger partial charge is 0.153 e. The third kappa shape index (κ3) is 2.46. The van der Waals surface area contributed by atoms with Crippen LogP contribution in [0.2, 0.25) is 0 Å². The van der Waals surface area contributed by atoms with E-state index >= 15 is 0 Å². The molecule has 1 heterocycles. The summed E-state index contributed by atoms with van der Waals surface area (Å²) < 4.78 is 14.2. The van der Waals surface area contributed by atoms with Crippen LogP contribution < -0.4 is 11.1 Å². The maximum absolute atomic E-state index is 13.4. The summed E-state index contributed by atoms with van der Waals surface area (Å²) in [5, 5.41) is 10.2. The Bertz CT molecular complexity index is 501. The molecule has 0 atom stereocenters. The van der Waals surface area contributed by atoms with Gasteiger partial charge in [-0.05, 0) is 30.3 Å². The predicted octanol–water partition coefficient (Wildman–Crippen LogP) is 2.70. The standard InChI is InChI=1S/C10H8BrFN4/c11-6-1-2-7(12)8(5-6)14-10-4-3-9(13)15-16-10/h1-5H,(H2,13,15)(H,14,16). The second-order valence-corrected chi connectivity index (χ2v) is 4.01. The second kappa shape index (κ2) is 4.44. The van der Waals surface area contributed by atoms with Crippen molar-refractivity contribution >= 4 is 33.3 Å². The summed E-state index contributed by atoms with van der Waals surface area (Å²) in [6.45, 7) is 0. The highest BCUT2D eigenvalue weighted by Crippen LogP contribution is 2.22. The molecule has 2 rings (SSSR count). The van der Waals surface area contributed by atoms with Crippen molar-refractivity contribution in [2.45, 2.75) is 0 Å². The highest BCUT2D eigenvalue weighted by Gasteiger charge is 2.03. The highest BCUT2D eigenvalue weighted by molar-refractivity contribution is 9.10. The van der Waals surface area contributed by atoms with Crippen LogP contribution in [-0.4, -0.2) is 10.2 Å². The monoisotopic (exact) mass is 282 g/mol. The molecule has 6 heteroatoms. The van der Waals surface area contributed by atoms with Gasteiger partial charge in [-0.1, -0.05) is 15.9 Å². The molecule has 2 aromatic rings. The van der Waals surface area contributed by atoms with Gasteiger partial charge in [-0.3, -0.25) is 0 Å². The van der Waals surface area contributed by atoms with Crippen molar-refractivity contribution in [2.24, 2.45) is 0 Å². The minimum Gasteiger partial charge on any atom is -0.382 e. The summed E-state index contributed by atoms with van der Waals surface area (Å²) in [6, 6.07) is 7.81. The third-order valence-electron chi connectivity index (χ3n) is 1.88. The summed E-state index contributed by atoms with van der Waals surface area (Å²) >= 11 is 3.26. The molecule has 1 aromatic carbocycles. The highest BCUT2D eigenvalue weighted by atomic mass is 79.9. The van der Waals surface area contributed by atoms with Gasteiger partial charge in [0.1, 0.15) is 11.6 Å². The molecule has 0 saturated heterocycles. The molecule has 0 spiro atoms. The average Bonchev–Trinajstić information content (AvgIpc) is 2.27. The Hall–Kier alpha value is -1.69. The fourth-order valence-electron chi connectivity index (χ4n) is 1.14. The summed E-state index contributed by atoms with van der Waals surface area (Å²) in [7, 11) is 0. The molecule has 0 amide bonds. The Morgan fingerprint density at radius 2 is 2.00 bits per heavy atom. The van der Waals surface area contributed by atoms with Gasteiger partial charge in [0.15, 0.2) is 5.82 Å². The largest absolute Gasteiger partial charge is 0.382 e. The molecule has 0 aliphatic carbocycles. The number of rotatable bonds is 2. The first kappa shape index (κ1) is 10.8. The molecule has 0 unspecified atom stereocenters. The van der Waals surface area contributed by atoms with Crippen LogP contribution in [0.4, 0.5) is 21.7 Å². The van der Waals surface area contributed by atoms with E-state index in [0.29, 0.717) is 17.3 Å². The number of aromatic nitrogens is 2. The predicted molar refractivity (Wildman–Crippen MR) is 63.8 cm³/mol. The zero-order valence-corrected chi connectivity index (χ0v) is 9.70. The van der Waals surface area contributed by atoms with Crippen LogP contribution in [0.3, 0.4) is 0 Å². The Kier molecular flexibility index (Phi) is 3.00. The molecule has 0 aliphatic rings. The number of nitrogens with zero attached hydrogens (tertiary/aromatic N) is 2. The van der Waals surface area contributed by atoms with Crippen LogP contribution in [0.1, 0.15) is 0 Å². The first-order valence-corrected chi connectivity index (χ1v) is 5.26. The van der Waals surface area contributed by atoms with Crippen molar-refractivity contribution in [3.63, 3.8) is 0 Å². The van der Waals surface area contributed by atoms with Crippen LogP contribution in [0.25, 0.3) is 0 Å². The van der Waals surface area contributed by atoms with Gasteiger partial charge in [-0.15, -0.1) is 10.2 Å². The Morgan fingerprint density at radius 3 is 2.69 bits per heavy atom. The molecule has 16 heavy (non-hydrogen) atoms. The quantitative estimate of drug-likeness (QED) is 0.889. The summed E-state index contributed by atoms with van der Waals surface area (Å²) in [5.41, 5.74) is 5.72. The molecule has 82 valence electrons. The molecular weight excluding hydrogens is 275 g/mol. The minimum atomic E-state index is -0.359. The zero-order chi connectivity index (χ0) is 11.5. The molecule has 0 radical (unpaired) electrons. The van der Waals surface area contributed by atoms with Crippen molar-refractivity contribution in [1.82, 2.24) is 10.2 Å². The van der Waals surface area contributed by atoms with E-state index in [1.54, 1.807) is 24.3 Å². The first-order valence-electron chi connectivity index (χ1n) is 4.46. The number of halogens is 2. The van der Waals surface area contributed by atoms with E-state index in [1.165, 1.54) is 6.07 Å². The SMILES string of the molecule is Nc1ccc(Nc2cc(Br)ccc2F)nn1. The molecule has 0 saturated carbocycles. The number of nitrogens with one attached hydrogen (secondary N) is 1. The number of nitrogen functional groups attached to an aromatic ring is 1. The molecule has 0 bridgehead atoms. The Balaban J connectivity index is 2.26. The molecule has 0 aliphatic heterocycles. The first-order chi connectivity index (χ1) is 7.65. The molecular formula is C10H8BrFN4. The lowest BCUT2D eigenvalue weighted by Crippen LogP contribution is -1.99. The van der Waals surface area contributed by atoms with Gasteiger partial charge in [0.25, 0.3) is 0 Å². The Morgan fingerprint density at radius 1 is 1.19 bits per heavy atom. The van der Waals surface area contributed by atoms with E-state index in [2.05, 4.69) is 31.4 Å². The van der Waals surface area contributed by atoms with E-state index in [0.717, 1.165) is 4.47 Å². The van der Waals surface area contributed by atoms with E-state index < -0.39 is 0 Å². The maximum atomic E-state index is 13.4. The lowest BCUT2D eigenvalue weighted by molar-refractivity contribution is 0.631. The average molecular weight is 283 g/mol. The number of hydrogen-bond acceptors (Lipinski definition) is 4. The van der Waals surface area contributed by atoms with Gasteiger partial charge < -0.3 is 11.1 Å². The van der Waals surface area contributed by atoms with Gasteiger partial charge in [-0.2, -0.15) is 0 Å². The van der Waals surface area contributed by atoms with Crippen molar-refractivity contribution in [2.75, 3.05) is 11.1 Å². The number of anilines is 3. The van der Waals surface area contributed by atoms with E-state index in [4.69, 9.17) is 5.73 Å². The van der Waals surface area contributed by atoms with Gasteiger partial charge in [0.05, 0.1) is 5.69 Å². The fraction of sp³-hybridized carbons (Fsp3) is 0. The molecule has 4 nitrogen and oxygen atoms in total. The topological polar surface area (TPSA) is 63.8 Å². The van der Waals surface area contributed by atoms with Gasteiger partial charge in [0.2, 0.25) is 0 Å². The van der Waals surface area contributed by atoms with Crippen LogP contribution in [0.15, 0.2) is 34.8 Å². The fourth-order valence-corrected chi connectivity index (χ4v) is 1.50. The van der Waals surface area contributed by atoms with E-state index in [-0.39, 0.29) is 5.82 Å². The summed E-state index contributed by atoms with van der Waals surface area (Å²) in [6.07, 6.45) is 0. The van der Waals surface area contributed by atoms with Crippen LogP contribution in [0.5, 0.6) is 0 Å². The lowest BCUT2D eigenvalue weighted by Gasteiger charge is -2.06. The number of benzene rings is 1. The van der Waals surface area contributed by atoms with Crippen molar-refractivity contribution < 1.29 is 4.39 Å². The van der Waals surface area contributed by atoms with Crippen molar-refractivity contribution in [3.8, 4) is 0 Å². The van der Waals surface area contributed by atoms with Gasteiger partial charge >= 0.3 is 0 Å². The molecule has 3 N–H and O–H groups in total. The normalized spacial score (nSPS) is 10.1. The minimum absolute atomic E-state index is 0.320.